The molecule has 0 aromatic heterocycles. The van der Waals surface area contributed by atoms with Crippen LogP contribution < -0.4 is 0 Å². The third-order valence-corrected chi connectivity index (χ3v) is 6.91. The summed E-state index contributed by atoms with van der Waals surface area (Å²) in [6, 6.07) is 0. The van der Waals surface area contributed by atoms with Crippen molar-refractivity contribution in [2.45, 2.75) is 88.5 Å². The molecule has 2 aliphatic heterocycles. The summed E-state index contributed by atoms with van der Waals surface area (Å²) >= 11 is 0. The molecule has 11 atom stereocenters. The predicted octanol–water partition coefficient (Wildman–Crippen LogP) is -0.906. The Morgan fingerprint density at radius 2 is 1.24 bits per heavy atom. The van der Waals surface area contributed by atoms with Crippen molar-refractivity contribution in [3.05, 3.63) is 83.6 Å². The van der Waals surface area contributed by atoms with E-state index in [2.05, 4.69) is 0 Å². The molecule has 2 rings (SSSR count). The van der Waals surface area contributed by atoms with Gasteiger partial charge in [0.1, 0.15) is 48.8 Å². The van der Waals surface area contributed by atoms with Gasteiger partial charge >= 0.3 is 5.97 Å². The Hall–Kier alpha value is -2.83. The molecular weight excluding hydrogens is 596 g/mol. The number of aliphatic carboxylic acids is 1. The molecule has 2 saturated heterocycles. The second-order valence-electron chi connectivity index (χ2n) is 10.5. The van der Waals surface area contributed by atoms with E-state index in [0.29, 0.717) is 5.57 Å². The quantitative estimate of drug-likeness (QED) is 0.0636. The van der Waals surface area contributed by atoms with E-state index in [4.69, 9.17) is 24.1 Å². The van der Waals surface area contributed by atoms with Crippen LogP contribution in [-0.2, 0) is 23.7 Å². The van der Waals surface area contributed by atoms with Gasteiger partial charge in [-0.05, 0) is 26.3 Å². The maximum atomic E-state index is 10.8. The SMILES string of the molecule is CC(/C=C/C=C(\C)C(=O)O)=C\C=C\C=C\C=C\C=C(/C)C(O)O[C@@H]1O[C@H](CO[C@@H]2O[C@H](CO)[C@@H](O)[C@H](O)[C@H]2O)[C@@H](O)[C@H](O)[C@H]1O. The molecule has 0 aliphatic carbocycles. The molecule has 9 N–H and O–H groups in total. The summed E-state index contributed by atoms with van der Waals surface area (Å²) in [6.45, 7) is 3.72. The van der Waals surface area contributed by atoms with Gasteiger partial charge in [0.25, 0.3) is 0 Å². The summed E-state index contributed by atoms with van der Waals surface area (Å²) in [6.07, 6.45) is 1.35. The highest BCUT2D eigenvalue weighted by atomic mass is 16.8. The van der Waals surface area contributed by atoms with E-state index in [1.165, 1.54) is 13.0 Å². The molecule has 14 heteroatoms. The number of carbonyl (C=O) groups is 1. The van der Waals surface area contributed by atoms with E-state index < -0.39 is 86.9 Å². The minimum Gasteiger partial charge on any atom is -0.478 e. The van der Waals surface area contributed by atoms with Gasteiger partial charge in [-0.3, -0.25) is 0 Å². The molecule has 2 heterocycles. The Labute approximate surface area is 261 Å². The first kappa shape index (κ1) is 38.4. The van der Waals surface area contributed by atoms with Crippen molar-refractivity contribution in [1.29, 1.82) is 0 Å². The largest absolute Gasteiger partial charge is 0.478 e. The third kappa shape index (κ3) is 11.8. The van der Waals surface area contributed by atoms with E-state index in [-0.39, 0.29) is 5.57 Å². The lowest BCUT2D eigenvalue weighted by Crippen LogP contribution is -2.62. The fourth-order valence-corrected chi connectivity index (χ4v) is 4.02. The summed E-state index contributed by atoms with van der Waals surface area (Å²) in [4.78, 5) is 10.8. The zero-order valence-corrected chi connectivity index (χ0v) is 25.2. The van der Waals surface area contributed by atoms with E-state index in [1.54, 1.807) is 61.6 Å². The molecule has 0 aromatic carbocycles. The fraction of sp³-hybridized carbons (Fsp3) is 0.516. The van der Waals surface area contributed by atoms with Crippen molar-refractivity contribution >= 4 is 5.97 Å². The number of hydrogen-bond acceptors (Lipinski definition) is 13. The first-order chi connectivity index (χ1) is 21.3. The Morgan fingerprint density at radius 1 is 0.711 bits per heavy atom. The van der Waals surface area contributed by atoms with Gasteiger partial charge in [0.15, 0.2) is 18.9 Å². The lowest BCUT2D eigenvalue weighted by Gasteiger charge is -2.43. The molecule has 1 unspecified atom stereocenters. The lowest BCUT2D eigenvalue weighted by atomic mass is 9.98. The highest BCUT2D eigenvalue weighted by molar-refractivity contribution is 5.86. The van der Waals surface area contributed by atoms with Crippen molar-refractivity contribution in [3.63, 3.8) is 0 Å². The second-order valence-corrected chi connectivity index (χ2v) is 10.5. The van der Waals surface area contributed by atoms with Crippen molar-refractivity contribution < 1.29 is 69.7 Å². The van der Waals surface area contributed by atoms with Crippen LogP contribution in [-0.4, -0.2) is 133 Å². The van der Waals surface area contributed by atoms with Crippen LogP contribution in [0.25, 0.3) is 0 Å². The van der Waals surface area contributed by atoms with E-state index in [1.807, 2.05) is 13.0 Å². The average molecular weight is 641 g/mol. The molecular formula is C31H44O14. The molecule has 0 aromatic rings. The number of carboxylic acid groups (broad SMARTS) is 1. The fourth-order valence-electron chi connectivity index (χ4n) is 4.02. The monoisotopic (exact) mass is 640 g/mol. The minimum atomic E-state index is -1.76. The molecule has 2 fully saturated rings. The van der Waals surface area contributed by atoms with Crippen molar-refractivity contribution in [3.8, 4) is 0 Å². The number of allylic oxidation sites excluding steroid dienone is 12. The van der Waals surface area contributed by atoms with Gasteiger partial charge in [0.05, 0.1) is 13.2 Å². The zero-order chi connectivity index (χ0) is 33.7. The van der Waals surface area contributed by atoms with Crippen molar-refractivity contribution in [2.24, 2.45) is 0 Å². The van der Waals surface area contributed by atoms with Crippen LogP contribution >= 0.6 is 0 Å². The molecule has 14 nitrogen and oxygen atoms in total. The van der Waals surface area contributed by atoms with E-state index in [9.17, 15) is 45.6 Å². The number of aliphatic hydroxyl groups excluding tert-OH is 8. The number of hydrogen-bond donors (Lipinski definition) is 9. The lowest BCUT2D eigenvalue weighted by molar-refractivity contribution is -0.343. The van der Waals surface area contributed by atoms with Gasteiger partial charge in [0, 0.05) is 5.57 Å². The minimum absolute atomic E-state index is 0.234. The molecule has 2 aliphatic rings. The normalized spacial score (nSPS) is 34.9. The summed E-state index contributed by atoms with van der Waals surface area (Å²) in [5.74, 6) is -0.974. The summed E-state index contributed by atoms with van der Waals surface area (Å²) in [5.41, 5.74) is 1.47. The maximum Gasteiger partial charge on any atom is 0.331 e. The predicted molar refractivity (Wildman–Crippen MR) is 159 cm³/mol. The molecule has 0 bridgehead atoms. The van der Waals surface area contributed by atoms with Crippen LogP contribution in [0.4, 0.5) is 0 Å². The van der Waals surface area contributed by atoms with Crippen LogP contribution in [0, 0.1) is 0 Å². The average Bonchev–Trinajstić information content (AvgIpc) is 3.01. The maximum absolute atomic E-state index is 10.8. The van der Waals surface area contributed by atoms with E-state index >= 15 is 0 Å². The van der Waals surface area contributed by atoms with Crippen LogP contribution in [0.5, 0.6) is 0 Å². The number of ether oxygens (including phenoxy) is 4. The van der Waals surface area contributed by atoms with Gasteiger partial charge in [-0.15, -0.1) is 0 Å². The second kappa shape index (κ2) is 19.0. The first-order valence-electron chi connectivity index (χ1n) is 14.2. The molecule has 0 saturated carbocycles. The Morgan fingerprint density at radius 3 is 1.84 bits per heavy atom. The Balaban J connectivity index is 1.89. The molecule has 45 heavy (non-hydrogen) atoms. The van der Waals surface area contributed by atoms with Gasteiger partial charge in [-0.2, -0.15) is 0 Å². The van der Waals surface area contributed by atoms with Gasteiger partial charge in [0.2, 0.25) is 0 Å². The van der Waals surface area contributed by atoms with Crippen molar-refractivity contribution in [1.82, 2.24) is 0 Å². The number of rotatable bonds is 14. The van der Waals surface area contributed by atoms with Crippen LogP contribution in [0.3, 0.4) is 0 Å². The molecule has 0 radical (unpaired) electrons. The van der Waals surface area contributed by atoms with Crippen molar-refractivity contribution in [2.75, 3.05) is 13.2 Å². The van der Waals surface area contributed by atoms with Crippen LogP contribution in [0.2, 0.25) is 0 Å². The van der Waals surface area contributed by atoms with Crippen LogP contribution in [0.15, 0.2) is 83.6 Å². The number of carboxylic acids is 1. The number of aliphatic hydroxyl groups is 8. The standard InChI is InChI=1S/C31H44O14/c1-17(12-10-14-18(2)28(39)40)11-8-6-4-5-7-9-13-19(3)29(41)45-31-27(38)25(36)23(34)21(44-31)16-42-30-26(37)24(35)22(33)20(15-32)43-30/h4-14,20-27,29-38,41H,15-16H2,1-3H3,(H,39,40)/b5-4+,8-6+,9-7+,12-10+,17-11+,18-14+,19-13+/t20-,21-,22-,23-,24+,25+,26-,27-,29?,30-,31+/m1/s1. The summed E-state index contributed by atoms with van der Waals surface area (Å²) in [7, 11) is 0. The van der Waals surface area contributed by atoms with Crippen LogP contribution in [0.1, 0.15) is 20.8 Å². The Kier molecular flexibility index (Phi) is 16.2. The summed E-state index contributed by atoms with van der Waals surface area (Å²) < 4.78 is 21.5. The highest BCUT2D eigenvalue weighted by Gasteiger charge is 2.47. The topological polar surface area (TPSA) is 236 Å². The first-order valence-corrected chi connectivity index (χ1v) is 14.2. The van der Waals surface area contributed by atoms with Gasteiger partial charge in [-0.1, -0.05) is 72.4 Å². The third-order valence-electron chi connectivity index (χ3n) is 6.91. The zero-order valence-electron chi connectivity index (χ0n) is 25.2. The highest BCUT2D eigenvalue weighted by Crippen LogP contribution is 2.27. The molecule has 0 amide bonds. The molecule has 0 spiro atoms. The summed E-state index contributed by atoms with van der Waals surface area (Å²) in [5, 5.41) is 89.5. The van der Waals surface area contributed by atoms with E-state index in [0.717, 1.165) is 5.57 Å². The van der Waals surface area contributed by atoms with Gasteiger partial charge < -0.3 is 64.9 Å². The smallest absolute Gasteiger partial charge is 0.331 e. The Bertz CT molecular complexity index is 1150. The van der Waals surface area contributed by atoms with Gasteiger partial charge in [-0.25, -0.2) is 4.79 Å². The molecule has 252 valence electrons.